The number of aromatic nitrogens is 4. The number of carbonyl (C=O) groups excluding carboxylic acids is 1. The minimum absolute atomic E-state index is 0.111. The minimum atomic E-state index is -0.414. The lowest BCUT2D eigenvalue weighted by Gasteiger charge is -2.11. The molecule has 0 bridgehead atoms. The summed E-state index contributed by atoms with van der Waals surface area (Å²) >= 11 is 1.46. The van der Waals surface area contributed by atoms with Gasteiger partial charge in [0.25, 0.3) is 5.91 Å². The highest BCUT2D eigenvalue weighted by molar-refractivity contribution is 7.11. The fraction of sp³-hybridized carbons (Fsp3) is 0.353. The van der Waals surface area contributed by atoms with Crippen molar-refractivity contribution in [1.82, 2.24) is 25.1 Å². The van der Waals surface area contributed by atoms with Crippen LogP contribution in [0.5, 0.6) is 0 Å². The largest absolute Gasteiger partial charge is 0.345 e. The van der Waals surface area contributed by atoms with Gasteiger partial charge in [-0.1, -0.05) is 18.3 Å². The molecule has 0 aromatic carbocycles. The molecule has 0 saturated heterocycles. The van der Waals surface area contributed by atoms with E-state index in [4.69, 9.17) is 0 Å². The molecular formula is C17H19N5O2S. The summed E-state index contributed by atoms with van der Waals surface area (Å²) in [7, 11) is 0. The van der Waals surface area contributed by atoms with Crippen LogP contribution < -0.4 is 10.7 Å². The summed E-state index contributed by atoms with van der Waals surface area (Å²) in [6.45, 7) is 6.69. The van der Waals surface area contributed by atoms with E-state index in [0.717, 1.165) is 22.1 Å². The summed E-state index contributed by atoms with van der Waals surface area (Å²) < 4.78 is 1.82. The molecule has 3 aromatic heterocycles. The summed E-state index contributed by atoms with van der Waals surface area (Å²) in [5.41, 5.74) is 1.23. The molecule has 3 heterocycles. The highest BCUT2D eigenvalue weighted by Gasteiger charge is 2.16. The van der Waals surface area contributed by atoms with Crippen LogP contribution in [0.25, 0.3) is 11.0 Å². The molecule has 1 amide bonds. The zero-order valence-corrected chi connectivity index (χ0v) is 15.2. The summed E-state index contributed by atoms with van der Waals surface area (Å²) in [5, 5.41) is 12.9. The van der Waals surface area contributed by atoms with Gasteiger partial charge in [-0.05, 0) is 32.4 Å². The summed E-state index contributed by atoms with van der Waals surface area (Å²) in [5.74, 6) is -0.414. The van der Waals surface area contributed by atoms with E-state index in [1.54, 1.807) is 18.3 Å². The first-order chi connectivity index (χ1) is 12.0. The molecule has 0 fully saturated rings. The molecule has 0 spiro atoms. The van der Waals surface area contributed by atoms with Crippen molar-refractivity contribution in [2.75, 3.05) is 0 Å². The van der Waals surface area contributed by atoms with Crippen molar-refractivity contribution in [3.05, 3.63) is 49.8 Å². The van der Waals surface area contributed by atoms with Crippen molar-refractivity contribution < 1.29 is 4.79 Å². The van der Waals surface area contributed by atoms with E-state index in [1.165, 1.54) is 11.3 Å². The first-order valence-electron chi connectivity index (χ1n) is 8.13. The van der Waals surface area contributed by atoms with Crippen LogP contribution in [0, 0.1) is 6.92 Å². The molecule has 0 aliphatic heterocycles. The maximum atomic E-state index is 12.7. The van der Waals surface area contributed by atoms with Gasteiger partial charge < -0.3 is 9.88 Å². The summed E-state index contributed by atoms with van der Waals surface area (Å²) in [6.07, 6.45) is 2.38. The number of hydrogen-bond donors (Lipinski definition) is 1. The van der Waals surface area contributed by atoms with Crippen LogP contribution in [-0.2, 0) is 19.5 Å². The summed E-state index contributed by atoms with van der Waals surface area (Å²) in [6, 6.07) is 3.50. The Balaban J connectivity index is 1.91. The van der Waals surface area contributed by atoms with Gasteiger partial charge >= 0.3 is 0 Å². The second-order valence-corrected chi connectivity index (χ2v) is 6.75. The number of rotatable bonds is 5. The maximum absolute atomic E-state index is 12.7. The zero-order chi connectivity index (χ0) is 18.0. The lowest BCUT2D eigenvalue weighted by molar-refractivity contribution is 0.0949. The Morgan fingerprint density at radius 1 is 1.24 bits per heavy atom. The van der Waals surface area contributed by atoms with Gasteiger partial charge in [-0.25, -0.2) is 4.98 Å². The summed E-state index contributed by atoms with van der Waals surface area (Å²) in [4.78, 5) is 29.6. The van der Waals surface area contributed by atoms with E-state index in [0.29, 0.717) is 17.6 Å². The molecule has 7 nitrogen and oxygen atoms in total. The number of carbonyl (C=O) groups is 1. The lowest BCUT2D eigenvalue weighted by Crippen LogP contribution is -2.29. The standard InChI is InChI=1S/C17H19N5O2S/c1-4-13-20-21-14(25-13)8-18-17(24)12-9-22(5-2)16-11(15(12)23)7-6-10(3)19-16/h6-7,9H,4-5,8H2,1-3H3,(H,18,24). The second-order valence-electron chi connectivity index (χ2n) is 5.61. The number of fused-ring (bicyclic) bond motifs is 1. The van der Waals surface area contributed by atoms with Gasteiger partial charge in [-0.3, -0.25) is 9.59 Å². The average molecular weight is 357 g/mol. The van der Waals surface area contributed by atoms with Crippen LogP contribution in [0.1, 0.15) is 39.9 Å². The van der Waals surface area contributed by atoms with Crippen molar-refractivity contribution in [2.45, 2.75) is 40.3 Å². The van der Waals surface area contributed by atoms with E-state index in [-0.39, 0.29) is 17.5 Å². The van der Waals surface area contributed by atoms with Gasteiger partial charge in [-0.2, -0.15) is 0 Å². The fourth-order valence-corrected chi connectivity index (χ4v) is 3.24. The molecule has 25 heavy (non-hydrogen) atoms. The fourth-order valence-electron chi connectivity index (χ4n) is 2.52. The minimum Gasteiger partial charge on any atom is -0.345 e. The van der Waals surface area contributed by atoms with E-state index in [2.05, 4.69) is 20.5 Å². The number of amides is 1. The van der Waals surface area contributed by atoms with Crippen LogP contribution in [0.3, 0.4) is 0 Å². The number of pyridine rings is 2. The Morgan fingerprint density at radius 3 is 2.68 bits per heavy atom. The Hall–Kier alpha value is -2.61. The van der Waals surface area contributed by atoms with Crippen LogP contribution in [-0.4, -0.2) is 25.7 Å². The van der Waals surface area contributed by atoms with Crippen LogP contribution >= 0.6 is 11.3 Å². The van der Waals surface area contributed by atoms with Crippen LogP contribution in [0.15, 0.2) is 23.1 Å². The van der Waals surface area contributed by atoms with Crippen LogP contribution in [0.4, 0.5) is 0 Å². The molecular weight excluding hydrogens is 338 g/mol. The third-order valence-corrected chi connectivity index (χ3v) is 4.92. The maximum Gasteiger partial charge on any atom is 0.257 e. The van der Waals surface area contributed by atoms with Gasteiger partial charge in [0.2, 0.25) is 5.43 Å². The third kappa shape index (κ3) is 3.43. The van der Waals surface area contributed by atoms with Gasteiger partial charge in [0.1, 0.15) is 21.2 Å². The van der Waals surface area contributed by atoms with E-state index in [1.807, 2.05) is 25.3 Å². The van der Waals surface area contributed by atoms with Crippen molar-refractivity contribution in [3.63, 3.8) is 0 Å². The Labute approximate surface area is 148 Å². The van der Waals surface area contributed by atoms with Crippen molar-refractivity contribution in [1.29, 1.82) is 0 Å². The van der Waals surface area contributed by atoms with E-state index in [9.17, 15) is 9.59 Å². The van der Waals surface area contributed by atoms with Crippen LogP contribution in [0.2, 0.25) is 0 Å². The number of nitrogens with zero attached hydrogens (tertiary/aromatic N) is 4. The average Bonchev–Trinajstić information content (AvgIpc) is 3.08. The molecule has 0 aliphatic carbocycles. The molecule has 0 radical (unpaired) electrons. The number of nitrogens with one attached hydrogen (secondary N) is 1. The van der Waals surface area contributed by atoms with Gasteiger partial charge in [0, 0.05) is 18.4 Å². The van der Waals surface area contributed by atoms with Crippen molar-refractivity contribution >= 4 is 28.3 Å². The Morgan fingerprint density at radius 2 is 2.00 bits per heavy atom. The number of aryl methyl sites for hydroxylation is 3. The second kappa shape index (κ2) is 7.10. The van der Waals surface area contributed by atoms with Crippen molar-refractivity contribution in [3.8, 4) is 0 Å². The third-order valence-electron chi connectivity index (χ3n) is 3.86. The van der Waals surface area contributed by atoms with Gasteiger partial charge in [0.15, 0.2) is 0 Å². The molecule has 130 valence electrons. The Kier molecular flexibility index (Phi) is 4.89. The molecule has 0 unspecified atom stereocenters. The Bertz CT molecular complexity index is 992. The first-order valence-corrected chi connectivity index (χ1v) is 8.95. The normalized spacial score (nSPS) is 11.0. The molecule has 0 aliphatic rings. The molecule has 0 atom stereocenters. The van der Waals surface area contributed by atoms with Crippen molar-refractivity contribution in [2.24, 2.45) is 0 Å². The predicted molar refractivity (Wildman–Crippen MR) is 96.9 cm³/mol. The van der Waals surface area contributed by atoms with Gasteiger partial charge in [-0.15, -0.1) is 10.2 Å². The SMILES string of the molecule is CCc1nnc(CNC(=O)c2cn(CC)c3nc(C)ccc3c2=O)s1. The zero-order valence-electron chi connectivity index (χ0n) is 14.4. The topological polar surface area (TPSA) is 89.8 Å². The molecule has 0 saturated carbocycles. The molecule has 3 rings (SSSR count). The van der Waals surface area contributed by atoms with Gasteiger partial charge in [0.05, 0.1) is 11.9 Å². The highest BCUT2D eigenvalue weighted by atomic mass is 32.1. The molecule has 8 heteroatoms. The predicted octanol–water partition coefficient (Wildman–Crippen LogP) is 2.07. The number of hydrogen-bond acceptors (Lipinski definition) is 6. The quantitative estimate of drug-likeness (QED) is 0.755. The monoisotopic (exact) mass is 357 g/mol. The van der Waals surface area contributed by atoms with E-state index < -0.39 is 5.91 Å². The smallest absolute Gasteiger partial charge is 0.257 e. The van der Waals surface area contributed by atoms with E-state index >= 15 is 0 Å². The molecule has 1 N–H and O–H groups in total. The lowest BCUT2D eigenvalue weighted by atomic mass is 10.1. The molecule has 3 aromatic rings. The first kappa shape index (κ1) is 17.2. The highest BCUT2D eigenvalue weighted by Crippen LogP contribution is 2.12.